The Morgan fingerprint density at radius 3 is 2.85 bits per heavy atom. The molecular formula is C19H22N4O3. The smallest absolute Gasteiger partial charge is 0.257 e. The molecule has 0 radical (unpaired) electrons. The molecule has 2 unspecified atom stereocenters. The van der Waals surface area contributed by atoms with Gasteiger partial charge in [-0.2, -0.15) is 0 Å². The monoisotopic (exact) mass is 354 g/mol. The van der Waals surface area contributed by atoms with Crippen LogP contribution in [0.5, 0.6) is 0 Å². The topological polar surface area (TPSA) is 94.3 Å². The summed E-state index contributed by atoms with van der Waals surface area (Å²) in [5.41, 5.74) is 0.367. The molecule has 2 aromatic rings. The maximum atomic E-state index is 12.5. The van der Waals surface area contributed by atoms with Crippen molar-refractivity contribution in [2.45, 2.75) is 31.3 Å². The second kappa shape index (κ2) is 6.92. The molecule has 0 saturated carbocycles. The number of aromatic nitrogens is 1. The zero-order valence-electron chi connectivity index (χ0n) is 14.5. The van der Waals surface area contributed by atoms with Crippen molar-refractivity contribution in [3.8, 4) is 0 Å². The number of rotatable bonds is 3. The van der Waals surface area contributed by atoms with Gasteiger partial charge in [0, 0.05) is 42.3 Å². The quantitative estimate of drug-likeness (QED) is 0.753. The second-order valence-corrected chi connectivity index (χ2v) is 7.03. The number of para-hydroxylation sites is 1. The van der Waals surface area contributed by atoms with E-state index in [1.165, 1.54) is 12.6 Å². The predicted molar refractivity (Wildman–Crippen MR) is 98.0 cm³/mol. The van der Waals surface area contributed by atoms with Gasteiger partial charge in [0.05, 0.1) is 6.54 Å². The maximum Gasteiger partial charge on any atom is 0.257 e. The Bertz CT molecular complexity index is 907. The zero-order valence-corrected chi connectivity index (χ0v) is 14.5. The fraction of sp³-hybridized carbons (Fsp3) is 0.421. The van der Waals surface area contributed by atoms with Gasteiger partial charge in [-0.1, -0.05) is 12.1 Å². The van der Waals surface area contributed by atoms with Crippen LogP contribution in [-0.4, -0.2) is 53.4 Å². The largest absolute Gasteiger partial charge is 0.360 e. The molecular weight excluding hydrogens is 332 g/mol. The number of amides is 2. The molecule has 7 nitrogen and oxygen atoms in total. The van der Waals surface area contributed by atoms with Crippen molar-refractivity contribution in [1.82, 2.24) is 20.5 Å². The maximum absolute atomic E-state index is 12.5. The Morgan fingerprint density at radius 2 is 1.96 bits per heavy atom. The number of pyridine rings is 1. The number of carbonyl (C=O) groups is 2. The molecule has 136 valence electrons. The summed E-state index contributed by atoms with van der Waals surface area (Å²) in [6.07, 6.45) is 4.61. The molecule has 2 aliphatic rings. The third-order valence-corrected chi connectivity index (χ3v) is 5.31. The minimum absolute atomic E-state index is 0.0214. The Morgan fingerprint density at radius 1 is 1.15 bits per heavy atom. The van der Waals surface area contributed by atoms with Crippen LogP contribution in [0.15, 0.2) is 35.3 Å². The molecule has 2 fully saturated rings. The molecule has 2 amide bonds. The number of hydrogen-bond donors (Lipinski definition) is 3. The molecule has 3 N–H and O–H groups in total. The molecule has 1 aromatic heterocycles. The highest BCUT2D eigenvalue weighted by Crippen LogP contribution is 2.20. The van der Waals surface area contributed by atoms with Crippen LogP contribution < -0.4 is 16.1 Å². The summed E-state index contributed by atoms with van der Waals surface area (Å²) < 4.78 is 0. The Kier molecular flexibility index (Phi) is 4.46. The van der Waals surface area contributed by atoms with E-state index in [-0.39, 0.29) is 23.4 Å². The number of fused-ring (bicyclic) bond motifs is 3. The standard InChI is InChI=1S/C19H22N4O3/c24-17(23-8-7-12-5-6-13(11-23)22-12)10-21-19(26)15-9-20-16-4-2-1-3-14(16)18(15)25/h1-4,9,12-13,22H,5-8,10-11H2,(H,20,25)(H,21,26). The molecule has 2 aliphatic heterocycles. The van der Waals surface area contributed by atoms with Crippen LogP contribution in [0, 0.1) is 0 Å². The molecule has 2 saturated heterocycles. The number of nitrogens with one attached hydrogen (secondary N) is 3. The number of carbonyl (C=O) groups excluding carboxylic acids is 2. The van der Waals surface area contributed by atoms with Crippen molar-refractivity contribution >= 4 is 22.7 Å². The Labute approximate surface area is 150 Å². The predicted octanol–water partition coefficient (Wildman–Crippen LogP) is 0.611. The molecule has 26 heavy (non-hydrogen) atoms. The van der Waals surface area contributed by atoms with Crippen molar-refractivity contribution in [2.75, 3.05) is 19.6 Å². The summed E-state index contributed by atoms with van der Waals surface area (Å²) in [6.45, 7) is 1.30. The van der Waals surface area contributed by atoms with Gasteiger partial charge >= 0.3 is 0 Å². The van der Waals surface area contributed by atoms with Crippen LogP contribution in [-0.2, 0) is 4.79 Å². The van der Waals surface area contributed by atoms with Crippen molar-refractivity contribution in [3.63, 3.8) is 0 Å². The van der Waals surface area contributed by atoms with Crippen LogP contribution >= 0.6 is 0 Å². The van der Waals surface area contributed by atoms with Gasteiger partial charge in [-0.05, 0) is 31.4 Å². The van der Waals surface area contributed by atoms with Gasteiger partial charge < -0.3 is 20.5 Å². The second-order valence-electron chi connectivity index (χ2n) is 7.03. The summed E-state index contributed by atoms with van der Waals surface area (Å²) in [5.74, 6) is -0.635. The normalized spacial score (nSPS) is 22.2. The molecule has 7 heteroatoms. The number of aromatic amines is 1. The number of benzene rings is 1. The lowest BCUT2D eigenvalue weighted by molar-refractivity contribution is -0.130. The van der Waals surface area contributed by atoms with Crippen molar-refractivity contribution in [2.24, 2.45) is 0 Å². The van der Waals surface area contributed by atoms with E-state index in [1.807, 2.05) is 11.0 Å². The van der Waals surface area contributed by atoms with Crippen molar-refractivity contribution < 1.29 is 9.59 Å². The molecule has 0 spiro atoms. The molecule has 0 aliphatic carbocycles. The van der Waals surface area contributed by atoms with Crippen LogP contribution in [0.3, 0.4) is 0 Å². The van der Waals surface area contributed by atoms with Gasteiger partial charge in [-0.25, -0.2) is 0 Å². The number of likely N-dealkylation sites (tertiary alicyclic amines) is 1. The SMILES string of the molecule is O=C(NCC(=O)N1CCC2CCC(C1)N2)c1c[nH]c2ccccc2c1=O. The molecule has 3 heterocycles. The van der Waals surface area contributed by atoms with Gasteiger partial charge in [0.1, 0.15) is 5.56 Å². The minimum atomic E-state index is -0.528. The first-order valence-corrected chi connectivity index (χ1v) is 9.04. The first kappa shape index (κ1) is 16.8. The number of H-pyrrole nitrogens is 1. The first-order chi connectivity index (χ1) is 12.6. The third kappa shape index (κ3) is 3.22. The average Bonchev–Trinajstić information content (AvgIpc) is 2.98. The third-order valence-electron chi connectivity index (χ3n) is 5.31. The number of hydrogen-bond acceptors (Lipinski definition) is 4. The minimum Gasteiger partial charge on any atom is -0.360 e. The van der Waals surface area contributed by atoms with Gasteiger partial charge in [-0.3, -0.25) is 14.4 Å². The van der Waals surface area contributed by atoms with E-state index in [0.717, 1.165) is 12.8 Å². The lowest BCUT2D eigenvalue weighted by atomic mass is 10.1. The molecule has 4 rings (SSSR count). The van der Waals surface area contributed by atoms with Gasteiger partial charge in [0.15, 0.2) is 0 Å². The van der Waals surface area contributed by atoms with E-state index in [0.29, 0.717) is 36.1 Å². The van der Waals surface area contributed by atoms with E-state index in [4.69, 9.17) is 0 Å². The highest BCUT2D eigenvalue weighted by Gasteiger charge is 2.31. The van der Waals surface area contributed by atoms with Gasteiger partial charge in [-0.15, -0.1) is 0 Å². The Balaban J connectivity index is 1.41. The fourth-order valence-electron chi connectivity index (χ4n) is 3.87. The Hall–Kier alpha value is -2.67. The van der Waals surface area contributed by atoms with E-state index in [1.54, 1.807) is 18.2 Å². The van der Waals surface area contributed by atoms with Crippen molar-refractivity contribution in [3.05, 3.63) is 46.2 Å². The summed E-state index contributed by atoms with van der Waals surface area (Å²) in [7, 11) is 0. The van der Waals surface area contributed by atoms with Crippen LogP contribution in [0.1, 0.15) is 29.6 Å². The summed E-state index contributed by atoms with van der Waals surface area (Å²) in [6, 6.07) is 7.89. The van der Waals surface area contributed by atoms with Crippen LogP contribution in [0.4, 0.5) is 0 Å². The highest BCUT2D eigenvalue weighted by atomic mass is 16.2. The summed E-state index contributed by atoms with van der Waals surface area (Å²) >= 11 is 0. The van der Waals surface area contributed by atoms with E-state index in [2.05, 4.69) is 15.6 Å². The van der Waals surface area contributed by atoms with Crippen LogP contribution in [0.2, 0.25) is 0 Å². The fourth-order valence-corrected chi connectivity index (χ4v) is 3.87. The lowest BCUT2D eigenvalue weighted by Gasteiger charge is -2.24. The molecule has 2 bridgehead atoms. The van der Waals surface area contributed by atoms with Crippen LogP contribution in [0.25, 0.3) is 10.9 Å². The van der Waals surface area contributed by atoms with Gasteiger partial charge in [0.2, 0.25) is 11.3 Å². The first-order valence-electron chi connectivity index (χ1n) is 9.04. The lowest BCUT2D eigenvalue weighted by Crippen LogP contribution is -2.44. The van der Waals surface area contributed by atoms with E-state index >= 15 is 0 Å². The number of nitrogens with zero attached hydrogens (tertiary/aromatic N) is 1. The summed E-state index contributed by atoms with van der Waals surface area (Å²) in [5, 5.41) is 6.58. The molecule has 2 atom stereocenters. The summed E-state index contributed by atoms with van der Waals surface area (Å²) in [4.78, 5) is 42.1. The van der Waals surface area contributed by atoms with E-state index in [9.17, 15) is 14.4 Å². The van der Waals surface area contributed by atoms with Crippen molar-refractivity contribution in [1.29, 1.82) is 0 Å². The highest BCUT2D eigenvalue weighted by molar-refractivity contribution is 5.98. The zero-order chi connectivity index (χ0) is 18.1. The average molecular weight is 354 g/mol. The van der Waals surface area contributed by atoms with E-state index < -0.39 is 5.91 Å². The molecule has 1 aromatic carbocycles. The van der Waals surface area contributed by atoms with Gasteiger partial charge in [0.25, 0.3) is 5.91 Å².